The highest BCUT2D eigenvalue weighted by Gasteiger charge is 2.42. The van der Waals surface area contributed by atoms with E-state index in [0.29, 0.717) is 19.7 Å². The smallest absolute Gasteiger partial charge is 0.409 e. The Morgan fingerprint density at radius 1 is 1.14 bits per heavy atom. The molecule has 2 amide bonds. The topological polar surface area (TPSA) is 61.9 Å². The molecule has 1 atom stereocenters. The number of anilines is 1. The lowest BCUT2D eigenvalue weighted by Crippen LogP contribution is -2.49. The second-order valence-electron chi connectivity index (χ2n) is 7.24. The van der Waals surface area contributed by atoms with Crippen LogP contribution in [0.5, 0.6) is 0 Å². The third-order valence-corrected chi connectivity index (χ3v) is 6.24. The molecule has 2 heterocycles. The van der Waals surface area contributed by atoms with Gasteiger partial charge >= 0.3 is 6.09 Å². The maximum absolute atomic E-state index is 13.3. The van der Waals surface area contributed by atoms with Crippen LogP contribution in [0.2, 0.25) is 0 Å². The summed E-state index contributed by atoms with van der Waals surface area (Å²) >= 11 is 3.59. The van der Waals surface area contributed by atoms with E-state index in [0.717, 1.165) is 34.1 Å². The van der Waals surface area contributed by atoms with E-state index in [1.165, 1.54) is 0 Å². The molecule has 6 nitrogen and oxygen atoms in total. The molecule has 0 radical (unpaired) electrons. The van der Waals surface area contributed by atoms with Crippen molar-refractivity contribution < 1.29 is 14.3 Å². The lowest BCUT2D eigenvalue weighted by Gasteiger charge is -2.39. The Labute approximate surface area is 178 Å². The number of amides is 2. The van der Waals surface area contributed by atoms with Crippen molar-refractivity contribution in [3.63, 3.8) is 0 Å². The first-order chi connectivity index (χ1) is 14.1. The second-order valence-corrected chi connectivity index (χ2v) is 8.10. The van der Waals surface area contributed by atoms with Crippen LogP contribution in [-0.4, -0.2) is 47.5 Å². The van der Waals surface area contributed by atoms with Crippen molar-refractivity contribution in [2.75, 3.05) is 25.0 Å². The molecule has 2 aromatic carbocycles. The number of halogens is 1. The number of fused-ring (bicyclic) bond motifs is 1. The highest BCUT2D eigenvalue weighted by Crippen LogP contribution is 2.39. The standard InChI is InChI=1S/C22H24BrN3O3/c1-2-29-22(28)25-13-11-15(12-14-25)26-20(24-19-10-6-5-9-18(19)23)16-7-3-4-8-17(16)21(26)27/h3-10,15,20,24H,2,11-14H2,1H3/t20-/m1/s1. The molecular weight excluding hydrogens is 434 g/mol. The summed E-state index contributed by atoms with van der Waals surface area (Å²) in [6, 6.07) is 15.7. The number of likely N-dealkylation sites (tertiary alicyclic amines) is 1. The highest BCUT2D eigenvalue weighted by atomic mass is 79.9. The van der Waals surface area contributed by atoms with E-state index < -0.39 is 0 Å². The van der Waals surface area contributed by atoms with Crippen molar-refractivity contribution in [2.24, 2.45) is 0 Å². The number of hydrogen-bond donors (Lipinski definition) is 1. The van der Waals surface area contributed by atoms with Crippen molar-refractivity contribution >= 4 is 33.6 Å². The van der Waals surface area contributed by atoms with Crippen LogP contribution in [0.3, 0.4) is 0 Å². The van der Waals surface area contributed by atoms with Crippen LogP contribution in [0.1, 0.15) is 41.9 Å². The van der Waals surface area contributed by atoms with Gasteiger partial charge in [-0.15, -0.1) is 0 Å². The van der Waals surface area contributed by atoms with Crippen molar-refractivity contribution in [2.45, 2.75) is 32.0 Å². The lowest BCUT2D eigenvalue weighted by atomic mass is 10.0. The molecule has 0 bridgehead atoms. The molecule has 2 aliphatic heterocycles. The Kier molecular flexibility index (Phi) is 5.76. The van der Waals surface area contributed by atoms with E-state index in [1.54, 1.807) is 4.90 Å². The number of nitrogens with zero attached hydrogens (tertiary/aromatic N) is 2. The summed E-state index contributed by atoms with van der Waals surface area (Å²) in [5, 5.41) is 3.55. The number of rotatable bonds is 4. The minimum atomic E-state index is -0.273. The van der Waals surface area contributed by atoms with Crippen molar-refractivity contribution in [1.29, 1.82) is 0 Å². The van der Waals surface area contributed by atoms with Crippen molar-refractivity contribution in [1.82, 2.24) is 9.80 Å². The summed E-state index contributed by atoms with van der Waals surface area (Å²) in [5.74, 6) is 0.0414. The third kappa shape index (κ3) is 3.83. The molecule has 2 aromatic rings. The Morgan fingerprint density at radius 2 is 1.83 bits per heavy atom. The van der Waals surface area contributed by atoms with Gasteiger partial charge in [0, 0.05) is 34.7 Å². The van der Waals surface area contributed by atoms with Gasteiger partial charge in [0.25, 0.3) is 5.91 Å². The fourth-order valence-corrected chi connectivity index (χ4v) is 4.53. The zero-order valence-corrected chi connectivity index (χ0v) is 17.9. The average Bonchev–Trinajstić information content (AvgIpc) is 3.02. The van der Waals surface area contributed by atoms with Gasteiger partial charge in [-0.2, -0.15) is 0 Å². The van der Waals surface area contributed by atoms with Crippen LogP contribution in [0, 0.1) is 0 Å². The molecular formula is C22H24BrN3O3. The Morgan fingerprint density at radius 3 is 2.55 bits per heavy atom. The van der Waals surface area contributed by atoms with Gasteiger partial charge in [0.15, 0.2) is 0 Å². The SMILES string of the molecule is CCOC(=O)N1CCC(N2C(=O)c3ccccc3[C@@H]2Nc2ccccc2Br)CC1. The van der Waals surface area contributed by atoms with Crippen molar-refractivity contribution in [3.05, 3.63) is 64.1 Å². The van der Waals surface area contributed by atoms with E-state index >= 15 is 0 Å². The van der Waals surface area contributed by atoms with Crippen LogP contribution in [-0.2, 0) is 4.74 Å². The predicted octanol–water partition coefficient (Wildman–Crippen LogP) is 4.64. The number of piperidine rings is 1. The summed E-state index contributed by atoms with van der Waals surface area (Å²) in [7, 11) is 0. The summed E-state index contributed by atoms with van der Waals surface area (Å²) in [5.41, 5.74) is 2.67. The number of carbonyl (C=O) groups is 2. The van der Waals surface area contributed by atoms with E-state index in [-0.39, 0.29) is 24.2 Å². The van der Waals surface area contributed by atoms with E-state index in [4.69, 9.17) is 4.74 Å². The van der Waals surface area contributed by atoms with Gasteiger partial charge in [-0.1, -0.05) is 30.3 Å². The van der Waals surface area contributed by atoms with Gasteiger partial charge in [-0.3, -0.25) is 4.79 Å². The highest BCUT2D eigenvalue weighted by molar-refractivity contribution is 9.10. The molecule has 0 aliphatic carbocycles. The fraction of sp³-hybridized carbons (Fsp3) is 0.364. The largest absolute Gasteiger partial charge is 0.450 e. The Balaban J connectivity index is 1.57. The lowest BCUT2D eigenvalue weighted by molar-refractivity contribution is 0.0496. The van der Waals surface area contributed by atoms with Crippen LogP contribution in [0.25, 0.3) is 0 Å². The molecule has 2 aliphatic rings. The molecule has 0 spiro atoms. The minimum Gasteiger partial charge on any atom is -0.450 e. The summed E-state index contributed by atoms with van der Waals surface area (Å²) < 4.78 is 6.07. The summed E-state index contributed by atoms with van der Waals surface area (Å²) in [4.78, 5) is 29.0. The van der Waals surface area contributed by atoms with Crippen molar-refractivity contribution in [3.8, 4) is 0 Å². The summed E-state index contributed by atoms with van der Waals surface area (Å²) in [6.07, 6.45) is 0.945. The van der Waals surface area contributed by atoms with Crippen LogP contribution < -0.4 is 5.32 Å². The number of benzene rings is 2. The van der Waals surface area contributed by atoms with Gasteiger partial charge in [-0.05, 0) is 53.9 Å². The fourth-order valence-electron chi connectivity index (χ4n) is 4.13. The molecule has 1 N–H and O–H groups in total. The first kappa shape index (κ1) is 19.8. The molecule has 1 saturated heterocycles. The van der Waals surface area contributed by atoms with E-state index in [1.807, 2.05) is 60.4 Å². The first-order valence-corrected chi connectivity index (χ1v) is 10.7. The average molecular weight is 458 g/mol. The monoisotopic (exact) mass is 457 g/mol. The second kappa shape index (κ2) is 8.45. The quantitative estimate of drug-likeness (QED) is 0.726. The number of carbonyl (C=O) groups excluding carboxylic acids is 2. The number of hydrogen-bond acceptors (Lipinski definition) is 4. The molecule has 29 heavy (non-hydrogen) atoms. The van der Waals surface area contributed by atoms with Gasteiger partial charge in [0.1, 0.15) is 6.17 Å². The number of para-hydroxylation sites is 1. The van der Waals surface area contributed by atoms with Gasteiger partial charge in [-0.25, -0.2) is 4.79 Å². The number of ether oxygens (including phenoxy) is 1. The zero-order valence-electron chi connectivity index (χ0n) is 16.3. The molecule has 0 saturated carbocycles. The molecule has 7 heteroatoms. The van der Waals surface area contributed by atoms with Crippen LogP contribution in [0.4, 0.5) is 10.5 Å². The molecule has 0 aromatic heterocycles. The Hall–Kier alpha value is -2.54. The molecule has 152 valence electrons. The van der Waals surface area contributed by atoms with Gasteiger partial charge in [0.2, 0.25) is 0 Å². The van der Waals surface area contributed by atoms with E-state index in [9.17, 15) is 9.59 Å². The Bertz CT molecular complexity index is 912. The van der Waals surface area contributed by atoms with Gasteiger partial charge < -0.3 is 19.9 Å². The minimum absolute atomic E-state index is 0.0414. The van der Waals surface area contributed by atoms with E-state index in [2.05, 4.69) is 21.2 Å². The third-order valence-electron chi connectivity index (χ3n) is 5.55. The summed E-state index contributed by atoms with van der Waals surface area (Å²) in [6.45, 7) is 3.36. The normalized spacial score (nSPS) is 19.2. The van der Waals surface area contributed by atoms with Gasteiger partial charge in [0.05, 0.1) is 12.3 Å². The molecule has 1 fully saturated rings. The maximum atomic E-state index is 13.3. The maximum Gasteiger partial charge on any atom is 0.409 e. The van der Waals surface area contributed by atoms with Crippen LogP contribution in [0.15, 0.2) is 53.0 Å². The van der Waals surface area contributed by atoms with Crippen LogP contribution >= 0.6 is 15.9 Å². The first-order valence-electron chi connectivity index (χ1n) is 9.94. The molecule has 4 rings (SSSR count). The predicted molar refractivity (Wildman–Crippen MR) is 115 cm³/mol. The number of nitrogens with one attached hydrogen (secondary N) is 1. The molecule has 0 unspecified atom stereocenters. The zero-order chi connectivity index (χ0) is 20.4.